The highest BCUT2D eigenvalue weighted by Crippen LogP contribution is 2.21. The number of rotatable bonds is 4. The smallest absolute Gasteiger partial charge is 0.256 e. The van der Waals surface area contributed by atoms with Crippen molar-refractivity contribution >= 4 is 33.4 Å². The Bertz CT molecular complexity index is 698. The summed E-state index contributed by atoms with van der Waals surface area (Å²) in [7, 11) is 0. The maximum atomic E-state index is 12.3. The van der Waals surface area contributed by atoms with E-state index in [1.807, 2.05) is 19.1 Å². The van der Waals surface area contributed by atoms with Gasteiger partial charge in [-0.05, 0) is 52.2 Å². The van der Waals surface area contributed by atoms with E-state index in [0.29, 0.717) is 16.8 Å². The molecule has 0 saturated heterocycles. The summed E-state index contributed by atoms with van der Waals surface area (Å²) in [5.74, 6) is -0.674. The van der Waals surface area contributed by atoms with Crippen LogP contribution in [0.5, 0.6) is 0 Å². The van der Waals surface area contributed by atoms with Crippen LogP contribution in [0.2, 0.25) is 0 Å². The number of amides is 2. The third-order valence-electron chi connectivity index (χ3n) is 3.00. The Morgan fingerprint density at radius 2 is 1.90 bits per heavy atom. The SMILES string of the molecule is Cc1ccc(C(=O)Nc2ccccc2CC(N)=O)c(Br)c1. The van der Waals surface area contributed by atoms with E-state index in [1.165, 1.54) is 0 Å². The summed E-state index contributed by atoms with van der Waals surface area (Å²) in [6, 6.07) is 12.6. The molecule has 0 atom stereocenters. The second-order valence-electron chi connectivity index (χ2n) is 4.74. The number of para-hydroxylation sites is 1. The second-order valence-corrected chi connectivity index (χ2v) is 5.59. The predicted octanol–water partition coefficient (Wildman–Crippen LogP) is 3.04. The van der Waals surface area contributed by atoms with Crippen LogP contribution in [0.4, 0.5) is 5.69 Å². The van der Waals surface area contributed by atoms with Gasteiger partial charge in [-0.25, -0.2) is 0 Å². The first-order chi connectivity index (χ1) is 9.97. The van der Waals surface area contributed by atoms with Crippen LogP contribution in [0.1, 0.15) is 21.5 Å². The van der Waals surface area contributed by atoms with E-state index in [2.05, 4.69) is 21.2 Å². The van der Waals surface area contributed by atoms with Crippen molar-refractivity contribution in [3.05, 3.63) is 63.6 Å². The molecule has 0 heterocycles. The fraction of sp³-hybridized carbons (Fsp3) is 0.125. The lowest BCUT2D eigenvalue weighted by atomic mass is 10.1. The monoisotopic (exact) mass is 346 g/mol. The van der Waals surface area contributed by atoms with Gasteiger partial charge < -0.3 is 11.1 Å². The van der Waals surface area contributed by atoms with Crippen LogP contribution in [-0.4, -0.2) is 11.8 Å². The van der Waals surface area contributed by atoms with E-state index >= 15 is 0 Å². The molecular weight excluding hydrogens is 332 g/mol. The molecule has 0 aliphatic rings. The Labute approximate surface area is 131 Å². The lowest BCUT2D eigenvalue weighted by Crippen LogP contribution is -2.18. The molecule has 0 fully saturated rings. The second kappa shape index (κ2) is 6.54. The van der Waals surface area contributed by atoms with Gasteiger partial charge >= 0.3 is 0 Å². The summed E-state index contributed by atoms with van der Waals surface area (Å²) < 4.78 is 0.729. The van der Waals surface area contributed by atoms with Gasteiger partial charge in [0, 0.05) is 10.2 Å². The molecule has 0 aromatic heterocycles. The molecule has 0 spiro atoms. The van der Waals surface area contributed by atoms with Crippen molar-refractivity contribution in [2.45, 2.75) is 13.3 Å². The van der Waals surface area contributed by atoms with Crippen LogP contribution in [0.25, 0.3) is 0 Å². The number of nitrogens with two attached hydrogens (primary N) is 1. The molecule has 0 aliphatic heterocycles. The molecule has 0 radical (unpaired) electrons. The molecule has 0 unspecified atom stereocenters. The number of hydrogen-bond acceptors (Lipinski definition) is 2. The van der Waals surface area contributed by atoms with Crippen LogP contribution in [-0.2, 0) is 11.2 Å². The highest BCUT2D eigenvalue weighted by atomic mass is 79.9. The topological polar surface area (TPSA) is 72.2 Å². The summed E-state index contributed by atoms with van der Waals surface area (Å²) in [5.41, 5.74) is 8.10. The Balaban J connectivity index is 2.25. The number of hydrogen-bond donors (Lipinski definition) is 2. The summed E-state index contributed by atoms with van der Waals surface area (Å²) in [4.78, 5) is 23.4. The van der Waals surface area contributed by atoms with Gasteiger partial charge in [0.2, 0.25) is 5.91 Å². The molecule has 5 heteroatoms. The molecule has 108 valence electrons. The first-order valence-corrected chi connectivity index (χ1v) is 7.20. The van der Waals surface area contributed by atoms with E-state index < -0.39 is 5.91 Å². The van der Waals surface area contributed by atoms with Gasteiger partial charge in [-0.2, -0.15) is 0 Å². The molecule has 2 amide bonds. The van der Waals surface area contributed by atoms with Crippen LogP contribution in [0, 0.1) is 6.92 Å². The maximum Gasteiger partial charge on any atom is 0.256 e. The van der Waals surface area contributed by atoms with Gasteiger partial charge in [-0.15, -0.1) is 0 Å². The summed E-state index contributed by atoms with van der Waals surface area (Å²) in [6.45, 7) is 1.95. The van der Waals surface area contributed by atoms with Crippen molar-refractivity contribution < 1.29 is 9.59 Å². The zero-order chi connectivity index (χ0) is 15.4. The van der Waals surface area contributed by atoms with Crippen LogP contribution >= 0.6 is 15.9 Å². The standard InChI is InChI=1S/C16H15BrN2O2/c1-10-6-7-12(13(17)8-10)16(21)19-14-5-3-2-4-11(14)9-15(18)20/h2-8H,9H2,1H3,(H2,18,20)(H,19,21). The molecule has 2 aromatic carbocycles. The van der Waals surface area contributed by atoms with E-state index in [-0.39, 0.29) is 12.3 Å². The molecule has 21 heavy (non-hydrogen) atoms. The zero-order valence-electron chi connectivity index (χ0n) is 11.5. The Morgan fingerprint density at radius 1 is 1.19 bits per heavy atom. The van der Waals surface area contributed by atoms with Gasteiger partial charge in [0.05, 0.1) is 12.0 Å². The lowest BCUT2D eigenvalue weighted by Gasteiger charge is -2.11. The fourth-order valence-electron chi connectivity index (χ4n) is 1.98. The van der Waals surface area contributed by atoms with Crippen molar-refractivity contribution in [3.63, 3.8) is 0 Å². The zero-order valence-corrected chi connectivity index (χ0v) is 13.1. The van der Waals surface area contributed by atoms with E-state index in [4.69, 9.17) is 5.73 Å². The number of primary amides is 1. The molecule has 0 aliphatic carbocycles. The Morgan fingerprint density at radius 3 is 2.57 bits per heavy atom. The van der Waals surface area contributed by atoms with Crippen molar-refractivity contribution in [1.82, 2.24) is 0 Å². The minimum Gasteiger partial charge on any atom is -0.369 e. The van der Waals surface area contributed by atoms with Crippen LogP contribution in [0.3, 0.4) is 0 Å². The number of halogens is 1. The molecule has 0 bridgehead atoms. The summed E-state index contributed by atoms with van der Waals surface area (Å²) >= 11 is 3.38. The largest absolute Gasteiger partial charge is 0.369 e. The van der Waals surface area contributed by atoms with Crippen LogP contribution < -0.4 is 11.1 Å². The van der Waals surface area contributed by atoms with Gasteiger partial charge in [-0.3, -0.25) is 9.59 Å². The van der Waals surface area contributed by atoms with Crippen molar-refractivity contribution in [3.8, 4) is 0 Å². The van der Waals surface area contributed by atoms with Gasteiger partial charge in [0.25, 0.3) is 5.91 Å². The first kappa shape index (κ1) is 15.3. The average molecular weight is 347 g/mol. The number of nitrogens with one attached hydrogen (secondary N) is 1. The predicted molar refractivity (Wildman–Crippen MR) is 86.2 cm³/mol. The third-order valence-corrected chi connectivity index (χ3v) is 3.66. The third kappa shape index (κ3) is 3.92. The molecule has 2 rings (SSSR count). The highest BCUT2D eigenvalue weighted by Gasteiger charge is 2.12. The molecule has 4 nitrogen and oxygen atoms in total. The van der Waals surface area contributed by atoms with E-state index in [0.717, 1.165) is 10.0 Å². The quantitative estimate of drug-likeness (QED) is 0.892. The minimum atomic E-state index is -0.437. The number of carbonyl (C=O) groups is 2. The lowest BCUT2D eigenvalue weighted by molar-refractivity contribution is -0.117. The number of benzene rings is 2. The van der Waals surface area contributed by atoms with Gasteiger partial charge in [0.15, 0.2) is 0 Å². The van der Waals surface area contributed by atoms with Crippen molar-refractivity contribution in [2.24, 2.45) is 5.73 Å². The van der Waals surface area contributed by atoms with E-state index in [1.54, 1.807) is 30.3 Å². The number of anilines is 1. The van der Waals surface area contributed by atoms with Crippen LogP contribution in [0.15, 0.2) is 46.9 Å². The van der Waals surface area contributed by atoms with Gasteiger partial charge in [0.1, 0.15) is 0 Å². The number of carbonyl (C=O) groups excluding carboxylic acids is 2. The van der Waals surface area contributed by atoms with E-state index in [9.17, 15) is 9.59 Å². The van der Waals surface area contributed by atoms with Crippen molar-refractivity contribution in [2.75, 3.05) is 5.32 Å². The Hall–Kier alpha value is -2.14. The molecule has 3 N–H and O–H groups in total. The Kier molecular flexibility index (Phi) is 4.75. The molecule has 2 aromatic rings. The summed E-state index contributed by atoms with van der Waals surface area (Å²) in [6.07, 6.45) is 0.0888. The van der Waals surface area contributed by atoms with Gasteiger partial charge in [-0.1, -0.05) is 24.3 Å². The molecule has 0 saturated carbocycles. The number of aryl methyl sites for hydroxylation is 1. The normalized spacial score (nSPS) is 10.2. The average Bonchev–Trinajstić information content (AvgIpc) is 2.40. The molecular formula is C16H15BrN2O2. The maximum absolute atomic E-state index is 12.3. The first-order valence-electron chi connectivity index (χ1n) is 6.41. The highest BCUT2D eigenvalue weighted by molar-refractivity contribution is 9.10. The minimum absolute atomic E-state index is 0.0888. The van der Waals surface area contributed by atoms with Crippen molar-refractivity contribution in [1.29, 1.82) is 0 Å². The fourth-order valence-corrected chi connectivity index (χ4v) is 2.65. The summed E-state index contributed by atoms with van der Waals surface area (Å²) in [5, 5.41) is 2.82.